The molecule has 2 aliphatic rings. The molecule has 0 saturated carbocycles. The maximum Gasteiger partial charge on any atom is 0.0793 e. The first-order valence-corrected chi connectivity index (χ1v) is 11.7. The second-order valence-electron chi connectivity index (χ2n) is 9.20. The number of aliphatic hydroxyl groups excluding tert-OH is 1. The van der Waals surface area contributed by atoms with Crippen LogP contribution in [0.15, 0.2) is 60.7 Å². The zero-order valence-corrected chi connectivity index (χ0v) is 18.4. The van der Waals surface area contributed by atoms with Crippen molar-refractivity contribution < 1.29 is 5.11 Å². The number of aliphatic hydroxyl groups is 1. The van der Waals surface area contributed by atoms with Gasteiger partial charge in [-0.05, 0) is 43.0 Å². The molecule has 1 atom stereocenters. The van der Waals surface area contributed by atoms with Gasteiger partial charge in [-0.15, -0.1) is 0 Å². The summed E-state index contributed by atoms with van der Waals surface area (Å²) in [6.07, 6.45) is 2.29. The van der Waals surface area contributed by atoms with Crippen LogP contribution < -0.4 is 0 Å². The summed E-state index contributed by atoms with van der Waals surface area (Å²) in [5, 5.41) is 10.7. The van der Waals surface area contributed by atoms with Crippen molar-refractivity contribution in [3.8, 4) is 0 Å². The summed E-state index contributed by atoms with van der Waals surface area (Å²) in [5.41, 5.74) is 2.72. The summed E-state index contributed by atoms with van der Waals surface area (Å²) in [7, 11) is 0. The maximum absolute atomic E-state index is 10.7. The van der Waals surface area contributed by atoms with Crippen LogP contribution in [0, 0.1) is 5.92 Å². The second-order valence-corrected chi connectivity index (χ2v) is 9.20. The summed E-state index contributed by atoms with van der Waals surface area (Å²) < 4.78 is 0. The third kappa shape index (κ3) is 5.70. The fourth-order valence-electron chi connectivity index (χ4n) is 4.99. The van der Waals surface area contributed by atoms with E-state index in [1.54, 1.807) is 0 Å². The van der Waals surface area contributed by atoms with Crippen molar-refractivity contribution in [3.05, 3.63) is 71.8 Å². The van der Waals surface area contributed by atoms with E-state index in [2.05, 4.69) is 82.3 Å². The van der Waals surface area contributed by atoms with Crippen LogP contribution in [-0.4, -0.2) is 78.3 Å². The highest BCUT2D eigenvalue weighted by atomic mass is 16.3. The number of β-amino-alcohol motifs (C(OH)–C–C–N with tert-alkyl or cyclic N) is 1. The van der Waals surface area contributed by atoms with Crippen LogP contribution in [0.4, 0.5) is 0 Å². The Morgan fingerprint density at radius 2 is 1.20 bits per heavy atom. The van der Waals surface area contributed by atoms with E-state index in [-0.39, 0.29) is 6.10 Å². The van der Waals surface area contributed by atoms with Crippen LogP contribution >= 0.6 is 0 Å². The van der Waals surface area contributed by atoms with Gasteiger partial charge in [-0.2, -0.15) is 0 Å². The van der Waals surface area contributed by atoms with Crippen molar-refractivity contribution in [2.24, 2.45) is 5.92 Å². The zero-order chi connectivity index (χ0) is 20.8. The lowest BCUT2D eigenvalue weighted by molar-refractivity contribution is 0.0376. The summed E-state index contributed by atoms with van der Waals surface area (Å²) in [6, 6.07) is 22.0. The Labute approximate surface area is 182 Å². The molecule has 2 aromatic rings. The van der Waals surface area contributed by atoms with E-state index < -0.39 is 0 Å². The van der Waals surface area contributed by atoms with Crippen LogP contribution in [0.5, 0.6) is 0 Å². The molecule has 30 heavy (non-hydrogen) atoms. The van der Waals surface area contributed by atoms with Crippen LogP contribution in [0.2, 0.25) is 0 Å². The van der Waals surface area contributed by atoms with Crippen molar-refractivity contribution >= 4 is 0 Å². The highest BCUT2D eigenvalue weighted by molar-refractivity contribution is 5.31. The number of nitrogens with zero attached hydrogens (tertiary/aromatic N) is 3. The van der Waals surface area contributed by atoms with Gasteiger partial charge in [0.25, 0.3) is 0 Å². The fraction of sp³-hybridized carbons (Fsp3) is 0.538. The molecule has 1 unspecified atom stereocenters. The molecular formula is C26H37N3O. The monoisotopic (exact) mass is 407 g/mol. The van der Waals surface area contributed by atoms with Gasteiger partial charge in [0.05, 0.1) is 12.1 Å². The van der Waals surface area contributed by atoms with Gasteiger partial charge in [-0.1, -0.05) is 67.6 Å². The average Bonchev–Trinajstić information content (AvgIpc) is 2.78. The van der Waals surface area contributed by atoms with E-state index in [4.69, 9.17) is 0 Å². The Kier molecular flexibility index (Phi) is 7.56. The van der Waals surface area contributed by atoms with E-state index >= 15 is 0 Å². The van der Waals surface area contributed by atoms with Gasteiger partial charge in [-0.25, -0.2) is 0 Å². The molecule has 2 aromatic carbocycles. The molecule has 2 aliphatic heterocycles. The molecule has 162 valence electrons. The van der Waals surface area contributed by atoms with Crippen LogP contribution in [-0.2, 0) is 0 Å². The average molecular weight is 408 g/mol. The number of likely N-dealkylation sites (tertiary alicyclic amines) is 1. The molecule has 4 nitrogen and oxygen atoms in total. The molecule has 1 N–H and O–H groups in total. The Hall–Kier alpha value is -1.72. The van der Waals surface area contributed by atoms with Crippen molar-refractivity contribution in [3.63, 3.8) is 0 Å². The molecule has 2 heterocycles. The Balaban J connectivity index is 1.32. The van der Waals surface area contributed by atoms with Gasteiger partial charge < -0.3 is 10.0 Å². The standard InChI is InChI=1S/C26H37N3O/c1-22-12-14-27(15-13-22)20-25(30)21-28-16-18-29(19-17-28)26(23-8-4-2-5-9-23)24-10-6-3-7-11-24/h2-11,22,25-26,30H,12-21H2,1H3. The van der Waals surface area contributed by atoms with Gasteiger partial charge in [0.15, 0.2) is 0 Å². The van der Waals surface area contributed by atoms with Gasteiger partial charge >= 0.3 is 0 Å². The lowest BCUT2D eigenvalue weighted by Crippen LogP contribution is -2.51. The lowest BCUT2D eigenvalue weighted by Gasteiger charge is -2.41. The number of benzene rings is 2. The molecular weight excluding hydrogens is 370 g/mol. The summed E-state index contributed by atoms with van der Waals surface area (Å²) in [6.45, 7) is 10.3. The van der Waals surface area contributed by atoms with Crippen LogP contribution in [0.3, 0.4) is 0 Å². The number of piperidine rings is 1. The van der Waals surface area contributed by atoms with E-state index in [1.165, 1.54) is 24.0 Å². The van der Waals surface area contributed by atoms with E-state index in [1.807, 2.05) is 0 Å². The quantitative estimate of drug-likeness (QED) is 0.761. The van der Waals surface area contributed by atoms with Gasteiger partial charge in [0, 0.05) is 39.3 Å². The second kappa shape index (κ2) is 10.5. The smallest absolute Gasteiger partial charge is 0.0793 e. The van der Waals surface area contributed by atoms with E-state index in [0.29, 0.717) is 6.04 Å². The molecule has 0 aliphatic carbocycles. The molecule has 0 radical (unpaired) electrons. The first-order valence-electron chi connectivity index (χ1n) is 11.7. The topological polar surface area (TPSA) is 30.0 Å². The number of hydrogen-bond acceptors (Lipinski definition) is 4. The van der Waals surface area contributed by atoms with Crippen molar-refractivity contribution in [1.29, 1.82) is 0 Å². The number of rotatable bonds is 7. The summed E-state index contributed by atoms with van der Waals surface area (Å²) in [5.74, 6) is 0.841. The normalized spacial score (nSPS) is 21.2. The van der Waals surface area contributed by atoms with E-state index in [9.17, 15) is 5.11 Å². The lowest BCUT2D eigenvalue weighted by atomic mass is 9.96. The Morgan fingerprint density at radius 3 is 1.70 bits per heavy atom. The third-order valence-electron chi connectivity index (χ3n) is 6.82. The first kappa shape index (κ1) is 21.5. The minimum Gasteiger partial charge on any atom is -0.390 e. The Morgan fingerprint density at radius 1 is 0.733 bits per heavy atom. The maximum atomic E-state index is 10.7. The minimum absolute atomic E-state index is 0.246. The first-order chi connectivity index (χ1) is 14.7. The molecule has 4 rings (SSSR count). The van der Waals surface area contributed by atoms with Crippen LogP contribution in [0.25, 0.3) is 0 Å². The van der Waals surface area contributed by atoms with Gasteiger partial charge in [0.2, 0.25) is 0 Å². The predicted octanol–water partition coefficient (Wildman–Crippen LogP) is 3.49. The van der Waals surface area contributed by atoms with Crippen molar-refractivity contribution in [1.82, 2.24) is 14.7 Å². The SMILES string of the molecule is CC1CCN(CC(O)CN2CCN(C(c3ccccc3)c3ccccc3)CC2)CC1. The zero-order valence-electron chi connectivity index (χ0n) is 18.4. The minimum atomic E-state index is -0.246. The molecule has 2 saturated heterocycles. The van der Waals surface area contributed by atoms with E-state index in [0.717, 1.165) is 58.3 Å². The molecule has 4 heteroatoms. The summed E-state index contributed by atoms with van der Waals surface area (Å²) >= 11 is 0. The molecule has 0 bridgehead atoms. The Bertz CT molecular complexity index is 698. The van der Waals surface area contributed by atoms with Crippen molar-refractivity contribution in [2.75, 3.05) is 52.4 Å². The largest absolute Gasteiger partial charge is 0.390 e. The molecule has 0 spiro atoms. The third-order valence-corrected chi connectivity index (χ3v) is 6.82. The number of hydrogen-bond donors (Lipinski definition) is 1. The molecule has 0 aromatic heterocycles. The molecule has 0 amide bonds. The van der Waals surface area contributed by atoms with Gasteiger partial charge in [0.1, 0.15) is 0 Å². The van der Waals surface area contributed by atoms with Crippen LogP contribution in [0.1, 0.15) is 36.9 Å². The fourth-order valence-corrected chi connectivity index (χ4v) is 4.99. The molecule has 2 fully saturated rings. The van der Waals surface area contributed by atoms with Crippen molar-refractivity contribution in [2.45, 2.75) is 31.9 Å². The summed E-state index contributed by atoms with van der Waals surface area (Å²) in [4.78, 5) is 7.49. The highest BCUT2D eigenvalue weighted by Crippen LogP contribution is 2.29. The number of piperazine rings is 1. The predicted molar refractivity (Wildman–Crippen MR) is 124 cm³/mol. The highest BCUT2D eigenvalue weighted by Gasteiger charge is 2.27. The van der Waals surface area contributed by atoms with Gasteiger partial charge in [-0.3, -0.25) is 9.80 Å².